The minimum atomic E-state index is 0.315. The second-order valence-electron chi connectivity index (χ2n) is 4.10. The maximum absolute atomic E-state index is 4.34. The second-order valence-corrected chi connectivity index (χ2v) is 4.10. The van der Waals surface area contributed by atoms with Gasteiger partial charge >= 0.3 is 0 Å². The SMILES string of the molecule is CCN(CC)CCN[C@H](C)c1nccn1C. The van der Waals surface area contributed by atoms with Gasteiger partial charge in [0.05, 0.1) is 6.04 Å². The minimum absolute atomic E-state index is 0.315. The molecule has 0 amide bonds. The van der Waals surface area contributed by atoms with Gasteiger partial charge in [0, 0.05) is 32.5 Å². The van der Waals surface area contributed by atoms with Gasteiger partial charge in [0.15, 0.2) is 0 Å². The van der Waals surface area contributed by atoms with Crippen molar-refractivity contribution in [3.05, 3.63) is 18.2 Å². The lowest BCUT2D eigenvalue weighted by Gasteiger charge is -2.20. The van der Waals surface area contributed by atoms with Crippen molar-refractivity contribution in [3.8, 4) is 0 Å². The topological polar surface area (TPSA) is 33.1 Å². The maximum Gasteiger partial charge on any atom is 0.125 e. The molecular weight excluding hydrogens is 200 g/mol. The lowest BCUT2D eigenvalue weighted by Crippen LogP contribution is -2.33. The predicted octanol–water partition coefficient (Wildman–Crippen LogP) is 1.41. The fourth-order valence-corrected chi connectivity index (χ4v) is 1.86. The Morgan fingerprint density at radius 3 is 2.62 bits per heavy atom. The predicted molar refractivity (Wildman–Crippen MR) is 67.4 cm³/mol. The van der Waals surface area contributed by atoms with Gasteiger partial charge in [-0.2, -0.15) is 0 Å². The molecule has 1 heterocycles. The van der Waals surface area contributed by atoms with Crippen LogP contribution in [0.2, 0.25) is 0 Å². The summed E-state index contributed by atoms with van der Waals surface area (Å²) in [4.78, 5) is 6.76. The van der Waals surface area contributed by atoms with Gasteiger partial charge in [0.1, 0.15) is 5.82 Å². The maximum atomic E-state index is 4.34. The number of nitrogens with one attached hydrogen (secondary N) is 1. The van der Waals surface area contributed by atoms with Crippen molar-refractivity contribution < 1.29 is 0 Å². The van der Waals surface area contributed by atoms with E-state index in [9.17, 15) is 0 Å². The highest BCUT2D eigenvalue weighted by atomic mass is 15.1. The second kappa shape index (κ2) is 6.66. The molecule has 0 radical (unpaired) electrons. The summed E-state index contributed by atoms with van der Waals surface area (Å²) in [5.41, 5.74) is 0. The van der Waals surface area contributed by atoms with Crippen LogP contribution in [0, 0.1) is 0 Å². The van der Waals surface area contributed by atoms with Crippen LogP contribution in [0.1, 0.15) is 32.6 Å². The van der Waals surface area contributed by atoms with E-state index in [2.05, 4.69) is 40.5 Å². The number of hydrogen-bond donors (Lipinski definition) is 1. The average molecular weight is 224 g/mol. The summed E-state index contributed by atoms with van der Waals surface area (Å²) in [5.74, 6) is 1.10. The number of likely N-dealkylation sites (N-methyl/N-ethyl adjacent to an activating group) is 1. The summed E-state index contributed by atoms with van der Waals surface area (Å²) in [6, 6.07) is 0.315. The van der Waals surface area contributed by atoms with E-state index in [1.54, 1.807) is 0 Å². The first kappa shape index (κ1) is 13.2. The van der Waals surface area contributed by atoms with E-state index in [0.717, 1.165) is 32.0 Å². The zero-order chi connectivity index (χ0) is 12.0. The van der Waals surface area contributed by atoms with Crippen LogP contribution < -0.4 is 5.32 Å². The Morgan fingerprint density at radius 2 is 2.12 bits per heavy atom. The van der Waals surface area contributed by atoms with Gasteiger partial charge in [-0.3, -0.25) is 0 Å². The monoisotopic (exact) mass is 224 g/mol. The molecule has 16 heavy (non-hydrogen) atoms. The summed E-state index contributed by atoms with van der Waals surface area (Å²) in [7, 11) is 2.03. The summed E-state index contributed by atoms with van der Waals surface area (Å²) in [6.07, 6.45) is 3.83. The molecule has 1 N–H and O–H groups in total. The number of nitrogens with zero attached hydrogens (tertiary/aromatic N) is 3. The molecule has 1 aromatic heterocycles. The molecule has 92 valence electrons. The quantitative estimate of drug-likeness (QED) is 0.760. The summed E-state index contributed by atoms with van der Waals surface area (Å²) >= 11 is 0. The highest BCUT2D eigenvalue weighted by molar-refractivity contribution is 4.96. The number of aryl methyl sites for hydroxylation is 1. The third kappa shape index (κ3) is 3.61. The lowest BCUT2D eigenvalue weighted by atomic mass is 10.3. The zero-order valence-electron chi connectivity index (χ0n) is 10.9. The Balaban J connectivity index is 2.30. The van der Waals surface area contributed by atoms with E-state index < -0.39 is 0 Å². The highest BCUT2D eigenvalue weighted by Crippen LogP contribution is 2.07. The molecule has 0 spiro atoms. The molecule has 4 heteroatoms. The van der Waals surface area contributed by atoms with E-state index in [1.807, 2.05) is 19.4 Å². The van der Waals surface area contributed by atoms with Gasteiger partial charge in [0.25, 0.3) is 0 Å². The number of aromatic nitrogens is 2. The molecule has 0 aliphatic rings. The fraction of sp³-hybridized carbons (Fsp3) is 0.750. The van der Waals surface area contributed by atoms with Crippen molar-refractivity contribution in [2.24, 2.45) is 7.05 Å². The van der Waals surface area contributed by atoms with Crippen molar-refractivity contribution >= 4 is 0 Å². The number of hydrogen-bond acceptors (Lipinski definition) is 3. The summed E-state index contributed by atoms with van der Waals surface area (Å²) < 4.78 is 2.06. The normalized spacial score (nSPS) is 13.3. The van der Waals surface area contributed by atoms with Gasteiger partial charge in [-0.1, -0.05) is 13.8 Å². The fourth-order valence-electron chi connectivity index (χ4n) is 1.86. The number of imidazole rings is 1. The first-order chi connectivity index (χ1) is 7.69. The van der Waals surface area contributed by atoms with Crippen LogP contribution in [0.25, 0.3) is 0 Å². The molecule has 1 aromatic rings. The largest absolute Gasteiger partial charge is 0.337 e. The van der Waals surface area contributed by atoms with Gasteiger partial charge in [-0.15, -0.1) is 0 Å². The lowest BCUT2D eigenvalue weighted by molar-refractivity contribution is 0.296. The molecule has 1 atom stereocenters. The van der Waals surface area contributed by atoms with E-state index in [1.165, 1.54) is 0 Å². The van der Waals surface area contributed by atoms with Crippen LogP contribution >= 0.6 is 0 Å². The highest BCUT2D eigenvalue weighted by Gasteiger charge is 2.09. The van der Waals surface area contributed by atoms with Crippen LogP contribution in [-0.4, -0.2) is 40.6 Å². The Labute approximate surface area is 98.7 Å². The van der Waals surface area contributed by atoms with Crippen molar-refractivity contribution in [1.82, 2.24) is 19.8 Å². The van der Waals surface area contributed by atoms with Crippen LogP contribution in [0.4, 0.5) is 0 Å². The smallest absolute Gasteiger partial charge is 0.125 e. The molecule has 0 aliphatic carbocycles. The third-order valence-corrected chi connectivity index (χ3v) is 3.02. The molecule has 0 saturated carbocycles. The van der Waals surface area contributed by atoms with Gasteiger partial charge < -0.3 is 14.8 Å². The van der Waals surface area contributed by atoms with Crippen molar-refractivity contribution in [2.75, 3.05) is 26.2 Å². The third-order valence-electron chi connectivity index (χ3n) is 3.02. The molecule has 0 aliphatic heterocycles. The molecule has 0 unspecified atom stereocenters. The van der Waals surface area contributed by atoms with E-state index in [-0.39, 0.29) is 0 Å². The average Bonchev–Trinajstić information content (AvgIpc) is 2.70. The Hall–Kier alpha value is -0.870. The van der Waals surface area contributed by atoms with E-state index in [0.29, 0.717) is 6.04 Å². The van der Waals surface area contributed by atoms with Crippen LogP contribution in [0.15, 0.2) is 12.4 Å². The molecule has 1 rings (SSSR count). The Bertz CT molecular complexity index is 291. The van der Waals surface area contributed by atoms with Crippen LogP contribution in [-0.2, 0) is 7.05 Å². The summed E-state index contributed by atoms with van der Waals surface area (Å²) in [6.45, 7) is 10.9. The molecule has 0 fully saturated rings. The van der Waals surface area contributed by atoms with Crippen LogP contribution in [0.5, 0.6) is 0 Å². The van der Waals surface area contributed by atoms with Gasteiger partial charge in [-0.05, 0) is 20.0 Å². The first-order valence-electron chi connectivity index (χ1n) is 6.12. The zero-order valence-corrected chi connectivity index (χ0v) is 10.9. The van der Waals surface area contributed by atoms with Crippen molar-refractivity contribution in [3.63, 3.8) is 0 Å². The summed E-state index contributed by atoms with van der Waals surface area (Å²) in [5, 5.41) is 3.50. The van der Waals surface area contributed by atoms with Crippen LogP contribution in [0.3, 0.4) is 0 Å². The van der Waals surface area contributed by atoms with Crippen molar-refractivity contribution in [1.29, 1.82) is 0 Å². The molecule has 0 bridgehead atoms. The molecule has 0 saturated heterocycles. The molecule has 0 aromatic carbocycles. The Kier molecular flexibility index (Phi) is 5.49. The number of rotatable bonds is 7. The minimum Gasteiger partial charge on any atom is -0.337 e. The Morgan fingerprint density at radius 1 is 1.44 bits per heavy atom. The molecular formula is C12H24N4. The first-order valence-corrected chi connectivity index (χ1v) is 6.12. The van der Waals surface area contributed by atoms with Gasteiger partial charge in [-0.25, -0.2) is 4.98 Å². The van der Waals surface area contributed by atoms with E-state index >= 15 is 0 Å². The molecule has 4 nitrogen and oxygen atoms in total. The standard InChI is InChI=1S/C12H24N4/c1-5-16(6-2)10-8-13-11(3)12-14-7-9-15(12)4/h7,9,11,13H,5-6,8,10H2,1-4H3/t11-/m1/s1. The van der Waals surface area contributed by atoms with Gasteiger partial charge in [0.2, 0.25) is 0 Å². The van der Waals surface area contributed by atoms with E-state index in [4.69, 9.17) is 0 Å². The van der Waals surface area contributed by atoms with Crippen molar-refractivity contribution in [2.45, 2.75) is 26.8 Å².